The third-order valence-corrected chi connectivity index (χ3v) is 3.78. The number of hydrogen-bond donors (Lipinski definition) is 0. The Morgan fingerprint density at radius 1 is 0.739 bits per heavy atom. The van der Waals surface area contributed by atoms with Crippen molar-refractivity contribution in [3.63, 3.8) is 0 Å². The van der Waals surface area contributed by atoms with Crippen molar-refractivity contribution >= 4 is 11.0 Å². The molecule has 0 amide bonds. The van der Waals surface area contributed by atoms with Crippen LogP contribution in [0.2, 0.25) is 0 Å². The number of para-hydroxylation sites is 4. The van der Waals surface area contributed by atoms with Crippen molar-refractivity contribution in [2.45, 2.75) is 0 Å². The zero-order valence-corrected chi connectivity index (χ0v) is 12.9. The van der Waals surface area contributed by atoms with Gasteiger partial charge in [0, 0.05) is 0 Å². The van der Waals surface area contributed by atoms with Gasteiger partial charge in [-0.2, -0.15) is 4.57 Å². The number of nitrogens with one attached hydrogen (secondary N) is 1. The third-order valence-electron chi connectivity index (χ3n) is 3.78. The molecule has 23 heavy (non-hydrogen) atoms. The van der Waals surface area contributed by atoms with Gasteiger partial charge < -0.3 is 5.11 Å². The standard InChI is InChI=1S/C19H14N2O.Li/c22-18-13-7-4-10-15(18)19-20-16-11-5-6-12-17(16)21(19)14-8-2-1-3-9-14;/h1-13,22H;/q;+1. The van der Waals surface area contributed by atoms with Gasteiger partial charge in [-0.15, -0.1) is 0 Å². The Morgan fingerprint density at radius 2 is 1.39 bits per heavy atom. The van der Waals surface area contributed by atoms with Crippen LogP contribution in [-0.4, -0.2) is 4.57 Å². The van der Waals surface area contributed by atoms with Crippen LogP contribution in [0.5, 0.6) is 5.75 Å². The molecule has 3 aromatic carbocycles. The molecule has 0 aliphatic carbocycles. The Bertz CT molecular complexity index is 948. The van der Waals surface area contributed by atoms with Crippen LogP contribution >= 0.6 is 0 Å². The molecule has 0 bridgehead atoms. The molecule has 0 unspecified atom stereocenters. The molecule has 0 fully saturated rings. The molecule has 4 rings (SSSR count). The number of fused-ring (bicyclic) bond motifs is 1. The van der Waals surface area contributed by atoms with Crippen LogP contribution in [0.15, 0.2) is 78.9 Å². The average molecular weight is 293 g/mol. The Hall–Kier alpha value is -2.47. The van der Waals surface area contributed by atoms with Gasteiger partial charge in [0.1, 0.15) is 5.69 Å². The molecule has 1 aromatic heterocycles. The van der Waals surface area contributed by atoms with E-state index in [0.29, 0.717) is 5.56 Å². The maximum atomic E-state index is 12.2. The third kappa shape index (κ3) is 2.66. The summed E-state index contributed by atoms with van der Waals surface area (Å²) in [6, 6.07) is 25.2. The van der Waals surface area contributed by atoms with Crippen molar-refractivity contribution in [3.8, 4) is 22.8 Å². The fourth-order valence-corrected chi connectivity index (χ4v) is 2.77. The van der Waals surface area contributed by atoms with Crippen LogP contribution in [0.1, 0.15) is 0 Å². The number of H-pyrrole nitrogens is 1. The van der Waals surface area contributed by atoms with Gasteiger partial charge in [0.05, 0.1) is 5.56 Å². The number of nitrogens with zero attached hydrogens (tertiary/aromatic N) is 1. The summed E-state index contributed by atoms with van der Waals surface area (Å²) in [6.07, 6.45) is 0. The number of aromatic amines is 1. The molecule has 1 N–H and O–H groups in total. The van der Waals surface area contributed by atoms with E-state index in [1.807, 2.05) is 60.7 Å². The number of imidazole rings is 1. The van der Waals surface area contributed by atoms with Crippen LogP contribution < -0.4 is 29.0 Å². The number of hydrogen-bond acceptors (Lipinski definition) is 1. The van der Waals surface area contributed by atoms with E-state index in [1.54, 1.807) is 12.1 Å². The van der Waals surface area contributed by atoms with Crippen LogP contribution in [-0.2, 0) is 0 Å². The molecule has 0 aliphatic heterocycles. The van der Waals surface area contributed by atoms with Gasteiger partial charge in [-0.3, -0.25) is 0 Å². The van der Waals surface area contributed by atoms with E-state index in [9.17, 15) is 5.11 Å². The van der Waals surface area contributed by atoms with E-state index in [2.05, 4.69) is 15.6 Å². The molecule has 0 radical (unpaired) electrons. The second-order valence-corrected chi connectivity index (χ2v) is 5.16. The van der Waals surface area contributed by atoms with Crippen LogP contribution in [0.4, 0.5) is 0 Å². The summed E-state index contributed by atoms with van der Waals surface area (Å²) < 4.78 is 2.09. The van der Waals surface area contributed by atoms with Crippen LogP contribution in [0.25, 0.3) is 28.1 Å². The van der Waals surface area contributed by atoms with Gasteiger partial charge in [-0.25, -0.2) is 4.98 Å². The summed E-state index contributed by atoms with van der Waals surface area (Å²) in [5.74, 6) is 0.816. The van der Waals surface area contributed by atoms with E-state index in [4.69, 9.17) is 0 Å². The zero-order chi connectivity index (χ0) is 14.9. The molecular formula is C19H14LiN2O+. The van der Waals surface area contributed by atoms with Crippen LogP contribution in [0, 0.1) is 0 Å². The van der Waals surface area contributed by atoms with Crippen molar-refractivity contribution in [2.75, 3.05) is 0 Å². The fraction of sp³-hybridized carbons (Fsp3) is 0. The van der Waals surface area contributed by atoms with Gasteiger partial charge in [0.2, 0.25) is 0 Å². The summed E-state index contributed by atoms with van der Waals surface area (Å²) in [6.45, 7) is 0. The van der Waals surface area contributed by atoms with E-state index in [-0.39, 0.29) is 24.6 Å². The SMILES string of the molecule is [Li+].[O-]c1ccccc1-c1[nH+]c2ccccc2n1-c1ccccc1. The molecule has 106 valence electrons. The first-order valence-corrected chi connectivity index (χ1v) is 7.19. The predicted molar refractivity (Wildman–Crippen MR) is 84.7 cm³/mol. The second-order valence-electron chi connectivity index (χ2n) is 5.16. The summed E-state index contributed by atoms with van der Waals surface area (Å²) in [5, 5.41) is 12.2. The van der Waals surface area contributed by atoms with E-state index >= 15 is 0 Å². The van der Waals surface area contributed by atoms with Gasteiger partial charge in [-0.1, -0.05) is 54.3 Å². The van der Waals surface area contributed by atoms with Crippen molar-refractivity contribution in [1.29, 1.82) is 0 Å². The average Bonchev–Trinajstić information content (AvgIpc) is 2.95. The Kier molecular flexibility index (Phi) is 4.25. The molecule has 0 aliphatic rings. The minimum Gasteiger partial charge on any atom is -0.872 e. The molecular weight excluding hydrogens is 279 g/mol. The second kappa shape index (κ2) is 6.34. The van der Waals surface area contributed by atoms with E-state index in [0.717, 1.165) is 22.5 Å². The molecule has 1 heterocycles. The molecule has 4 aromatic rings. The topological polar surface area (TPSA) is 42.1 Å². The van der Waals surface area contributed by atoms with Gasteiger partial charge >= 0.3 is 18.9 Å². The number of aromatic nitrogens is 2. The molecule has 0 atom stereocenters. The Morgan fingerprint density at radius 3 is 2.17 bits per heavy atom. The van der Waals surface area contributed by atoms with E-state index in [1.165, 1.54) is 0 Å². The first kappa shape index (κ1) is 15.4. The minimum absolute atomic E-state index is 0. The summed E-state index contributed by atoms with van der Waals surface area (Å²) in [7, 11) is 0. The Balaban J connectivity index is 0.00000156. The minimum atomic E-state index is 0. The molecule has 0 saturated heterocycles. The molecule has 3 nitrogen and oxygen atoms in total. The summed E-state index contributed by atoms with van der Waals surface area (Å²) >= 11 is 0. The Labute approximate surface area is 146 Å². The van der Waals surface area contributed by atoms with Crippen molar-refractivity contribution in [3.05, 3.63) is 78.9 Å². The largest absolute Gasteiger partial charge is 1.00 e. The first-order chi connectivity index (χ1) is 10.8. The fourth-order valence-electron chi connectivity index (χ4n) is 2.77. The maximum absolute atomic E-state index is 12.2. The summed E-state index contributed by atoms with van der Waals surface area (Å²) in [4.78, 5) is 3.38. The van der Waals surface area contributed by atoms with Crippen molar-refractivity contribution in [2.24, 2.45) is 0 Å². The summed E-state index contributed by atoms with van der Waals surface area (Å²) in [5.41, 5.74) is 3.75. The molecule has 4 heteroatoms. The van der Waals surface area contributed by atoms with E-state index < -0.39 is 0 Å². The molecule has 0 spiro atoms. The quantitative estimate of drug-likeness (QED) is 0.487. The zero-order valence-electron chi connectivity index (χ0n) is 12.9. The first-order valence-electron chi connectivity index (χ1n) is 7.19. The van der Waals surface area contributed by atoms with Crippen molar-refractivity contribution < 1.29 is 29.0 Å². The predicted octanol–water partition coefficient (Wildman–Crippen LogP) is 0.189. The number of benzene rings is 3. The number of rotatable bonds is 2. The molecule has 0 saturated carbocycles. The van der Waals surface area contributed by atoms with Crippen LogP contribution in [0.3, 0.4) is 0 Å². The monoisotopic (exact) mass is 293 g/mol. The normalized spacial score (nSPS) is 10.4. The van der Waals surface area contributed by atoms with Crippen molar-refractivity contribution in [1.82, 2.24) is 4.57 Å². The van der Waals surface area contributed by atoms with Gasteiger partial charge in [-0.05, 0) is 30.3 Å². The smallest absolute Gasteiger partial charge is 0.872 e. The maximum Gasteiger partial charge on any atom is 1.00 e. The van der Waals surface area contributed by atoms with Gasteiger partial charge in [0.25, 0.3) is 5.82 Å². The van der Waals surface area contributed by atoms with Gasteiger partial charge in [0.15, 0.2) is 11.0 Å².